The van der Waals surface area contributed by atoms with Gasteiger partial charge < -0.3 is 8.33 Å². The molecule has 0 aromatic rings. The maximum Gasteiger partial charge on any atom is 2.00 e. The second kappa shape index (κ2) is 27.6. The SMILES string of the molecule is Cl.Cl.O.[H-].[H-].[Mg+2]. The molecular formula is H6Cl2MgO. The molecule has 0 aliphatic carbocycles. The largest absolute Gasteiger partial charge is 2.00 e. The van der Waals surface area contributed by atoms with E-state index in [0.717, 1.165) is 0 Å². The van der Waals surface area contributed by atoms with Crippen LogP contribution < -0.4 is 0 Å². The van der Waals surface area contributed by atoms with Crippen LogP contribution in [-0.4, -0.2) is 28.5 Å². The molecule has 28 valence electrons. The van der Waals surface area contributed by atoms with Crippen LogP contribution in [0.15, 0.2) is 0 Å². The van der Waals surface area contributed by atoms with Crippen molar-refractivity contribution in [3.05, 3.63) is 0 Å². The molecule has 0 amide bonds. The monoisotopic (exact) mass is 116 g/mol. The third-order valence-corrected chi connectivity index (χ3v) is 0. The summed E-state index contributed by atoms with van der Waals surface area (Å²) in [5.74, 6) is 0. The van der Waals surface area contributed by atoms with Gasteiger partial charge in [0.05, 0.1) is 0 Å². The Morgan fingerprint density at radius 3 is 1.00 bits per heavy atom. The molecular weight excluding hydrogens is 111 g/mol. The molecule has 0 aliphatic heterocycles. The molecule has 0 radical (unpaired) electrons. The van der Waals surface area contributed by atoms with Crippen molar-refractivity contribution >= 4 is 47.9 Å². The molecule has 0 bridgehead atoms. The van der Waals surface area contributed by atoms with Crippen LogP contribution in [0.25, 0.3) is 0 Å². The summed E-state index contributed by atoms with van der Waals surface area (Å²) >= 11 is 0. The maximum atomic E-state index is 0. The molecule has 0 unspecified atom stereocenters. The van der Waals surface area contributed by atoms with Crippen LogP contribution in [-0.2, 0) is 0 Å². The van der Waals surface area contributed by atoms with Gasteiger partial charge in [0, 0.05) is 0 Å². The van der Waals surface area contributed by atoms with Gasteiger partial charge in [0.1, 0.15) is 0 Å². The average molecular weight is 117 g/mol. The van der Waals surface area contributed by atoms with Crippen LogP contribution in [0.1, 0.15) is 2.85 Å². The summed E-state index contributed by atoms with van der Waals surface area (Å²) in [5.41, 5.74) is 0. The van der Waals surface area contributed by atoms with Gasteiger partial charge in [-0.2, -0.15) is 0 Å². The molecule has 0 atom stereocenters. The molecule has 0 aliphatic rings. The molecule has 0 heterocycles. The van der Waals surface area contributed by atoms with Crippen LogP contribution in [0.5, 0.6) is 0 Å². The number of hydrogen-bond acceptors (Lipinski definition) is 0. The molecule has 0 saturated carbocycles. The van der Waals surface area contributed by atoms with Crippen LogP contribution in [0.4, 0.5) is 0 Å². The Bertz CT molecular complexity index is 11.5. The van der Waals surface area contributed by atoms with Crippen molar-refractivity contribution in [3.63, 3.8) is 0 Å². The van der Waals surface area contributed by atoms with E-state index in [-0.39, 0.29) is 56.2 Å². The van der Waals surface area contributed by atoms with Gasteiger partial charge >= 0.3 is 23.1 Å². The summed E-state index contributed by atoms with van der Waals surface area (Å²) in [6.07, 6.45) is 0. The molecule has 4 heavy (non-hydrogen) atoms. The van der Waals surface area contributed by atoms with Gasteiger partial charge in [-0.05, 0) is 0 Å². The first kappa shape index (κ1) is 57.7. The Morgan fingerprint density at radius 1 is 1.00 bits per heavy atom. The van der Waals surface area contributed by atoms with Crippen molar-refractivity contribution < 1.29 is 8.33 Å². The quantitative estimate of drug-likeness (QED) is 0.396. The van der Waals surface area contributed by atoms with E-state index in [9.17, 15) is 0 Å². The number of hydrogen-bond donors (Lipinski definition) is 0. The minimum atomic E-state index is 0. The Hall–Kier alpha value is 1.31. The molecule has 0 fully saturated rings. The van der Waals surface area contributed by atoms with E-state index < -0.39 is 0 Å². The van der Waals surface area contributed by atoms with Gasteiger partial charge in [-0.25, -0.2) is 0 Å². The molecule has 0 saturated heterocycles. The summed E-state index contributed by atoms with van der Waals surface area (Å²) in [4.78, 5) is 0. The first-order chi connectivity index (χ1) is 0. The zero-order valence-electron chi connectivity index (χ0n) is 4.02. The first-order valence-electron chi connectivity index (χ1n) is 0. The third kappa shape index (κ3) is 10.3. The summed E-state index contributed by atoms with van der Waals surface area (Å²) in [6.45, 7) is 0. The molecule has 1 nitrogen and oxygen atoms in total. The maximum absolute atomic E-state index is 0. The third-order valence-electron chi connectivity index (χ3n) is 0. The van der Waals surface area contributed by atoms with Gasteiger partial charge in [0.2, 0.25) is 0 Å². The summed E-state index contributed by atoms with van der Waals surface area (Å²) in [6, 6.07) is 0. The molecule has 0 rings (SSSR count). The van der Waals surface area contributed by atoms with Gasteiger partial charge in [0.15, 0.2) is 0 Å². The predicted molar refractivity (Wildman–Crippen MR) is 26.1 cm³/mol. The van der Waals surface area contributed by atoms with Gasteiger partial charge in [-0.15, -0.1) is 24.8 Å². The fourth-order valence-corrected chi connectivity index (χ4v) is 0. The van der Waals surface area contributed by atoms with Crippen molar-refractivity contribution in [2.75, 3.05) is 0 Å². The molecule has 0 spiro atoms. The van der Waals surface area contributed by atoms with E-state index >= 15 is 0 Å². The number of rotatable bonds is 0. The zero-order chi connectivity index (χ0) is 0. The molecule has 0 aromatic heterocycles. The van der Waals surface area contributed by atoms with E-state index in [2.05, 4.69) is 0 Å². The zero-order valence-corrected chi connectivity index (χ0v) is 5.07. The smallest absolute Gasteiger partial charge is 1.00 e. The molecule has 0 aromatic carbocycles. The normalized spacial score (nSPS) is 0. The van der Waals surface area contributed by atoms with Crippen molar-refractivity contribution in [1.29, 1.82) is 0 Å². The standard InChI is InChI=1S/2ClH.Mg.H2O.2H/h2*1H;;1H2;;/q;;+2;;2*-1. The minimum Gasteiger partial charge on any atom is -1.00 e. The van der Waals surface area contributed by atoms with Crippen molar-refractivity contribution in [2.45, 2.75) is 0 Å². The Balaban J connectivity index is 0. The van der Waals surface area contributed by atoms with Crippen molar-refractivity contribution in [3.8, 4) is 0 Å². The van der Waals surface area contributed by atoms with Crippen LogP contribution in [0, 0.1) is 0 Å². The van der Waals surface area contributed by atoms with Crippen molar-refractivity contribution in [1.82, 2.24) is 0 Å². The number of halogens is 2. The first-order valence-corrected chi connectivity index (χ1v) is 0. The summed E-state index contributed by atoms with van der Waals surface area (Å²) < 4.78 is 0. The summed E-state index contributed by atoms with van der Waals surface area (Å²) in [7, 11) is 0. The average Bonchev–Trinajstić information content (AvgIpc) is 0. The van der Waals surface area contributed by atoms with Crippen LogP contribution >= 0.6 is 24.8 Å². The molecule has 4 heteroatoms. The second-order valence-corrected chi connectivity index (χ2v) is 0. The fraction of sp³-hybridized carbons (Fsp3) is 0. The van der Waals surface area contributed by atoms with Crippen molar-refractivity contribution in [2.24, 2.45) is 0 Å². The van der Waals surface area contributed by atoms with E-state index in [0.29, 0.717) is 0 Å². The van der Waals surface area contributed by atoms with E-state index in [1.54, 1.807) is 0 Å². The van der Waals surface area contributed by atoms with E-state index in [1.165, 1.54) is 0 Å². The van der Waals surface area contributed by atoms with Crippen LogP contribution in [0.3, 0.4) is 0 Å². The topological polar surface area (TPSA) is 31.5 Å². The van der Waals surface area contributed by atoms with E-state index in [1.807, 2.05) is 0 Å². The predicted octanol–water partition coefficient (Wildman–Crippen LogP) is -0.137. The van der Waals surface area contributed by atoms with Gasteiger partial charge in [-0.3, -0.25) is 0 Å². The Morgan fingerprint density at radius 2 is 1.00 bits per heavy atom. The summed E-state index contributed by atoms with van der Waals surface area (Å²) in [5, 5.41) is 0. The minimum absolute atomic E-state index is 0. The van der Waals surface area contributed by atoms with E-state index in [4.69, 9.17) is 0 Å². The molecule has 2 N–H and O–H groups in total. The second-order valence-electron chi connectivity index (χ2n) is 0. The fourth-order valence-electron chi connectivity index (χ4n) is 0. The van der Waals surface area contributed by atoms with Gasteiger partial charge in [-0.1, -0.05) is 0 Å². The van der Waals surface area contributed by atoms with Gasteiger partial charge in [0.25, 0.3) is 0 Å². The Kier molecular flexibility index (Phi) is 398. The van der Waals surface area contributed by atoms with Crippen LogP contribution in [0.2, 0.25) is 0 Å². The Labute approximate surface area is 56.4 Å².